The number of aromatic amines is 1. The molecule has 82 valence electrons. The Kier molecular flexibility index (Phi) is 2.86. The van der Waals surface area contributed by atoms with Gasteiger partial charge in [-0.15, -0.1) is 0 Å². The summed E-state index contributed by atoms with van der Waals surface area (Å²) in [5.41, 5.74) is 7.16. The van der Waals surface area contributed by atoms with Crippen LogP contribution in [0, 0.1) is 6.92 Å². The Morgan fingerprint density at radius 3 is 2.73 bits per heavy atom. The van der Waals surface area contributed by atoms with Gasteiger partial charge in [-0.2, -0.15) is 0 Å². The van der Waals surface area contributed by atoms with Crippen molar-refractivity contribution in [3.63, 3.8) is 0 Å². The highest BCUT2D eigenvalue weighted by atomic mass is 16.1. The van der Waals surface area contributed by atoms with Gasteiger partial charge in [0.2, 0.25) is 0 Å². The molecule has 0 atom stereocenters. The number of H-pyrrole nitrogens is 1. The largest absolute Gasteiger partial charge is 0.326 e. The molecule has 4 heteroatoms. The van der Waals surface area contributed by atoms with Crippen LogP contribution in [0.1, 0.15) is 48.7 Å². The van der Waals surface area contributed by atoms with Crippen LogP contribution in [0.2, 0.25) is 0 Å². The average molecular weight is 207 g/mol. The van der Waals surface area contributed by atoms with Crippen LogP contribution in [0.5, 0.6) is 0 Å². The zero-order chi connectivity index (χ0) is 10.8. The van der Waals surface area contributed by atoms with Crippen LogP contribution >= 0.6 is 0 Å². The van der Waals surface area contributed by atoms with Gasteiger partial charge in [0, 0.05) is 12.5 Å². The maximum atomic E-state index is 11.7. The van der Waals surface area contributed by atoms with Gasteiger partial charge >= 0.3 is 0 Å². The lowest BCUT2D eigenvalue weighted by atomic mass is 9.99. The molecule has 15 heavy (non-hydrogen) atoms. The van der Waals surface area contributed by atoms with Crippen LogP contribution < -0.4 is 11.3 Å². The van der Waals surface area contributed by atoms with E-state index in [-0.39, 0.29) is 12.1 Å². The summed E-state index contributed by atoms with van der Waals surface area (Å²) in [4.78, 5) is 18.8. The maximum absolute atomic E-state index is 11.7. The van der Waals surface area contributed by atoms with Gasteiger partial charge in [-0.05, 0) is 19.8 Å². The molecule has 0 radical (unpaired) electrons. The lowest BCUT2D eigenvalue weighted by Gasteiger charge is -2.12. The minimum Gasteiger partial charge on any atom is -0.326 e. The molecule has 1 aromatic heterocycles. The second-order valence-electron chi connectivity index (χ2n) is 4.20. The highest BCUT2D eigenvalue weighted by molar-refractivity contribution is 5.22. The summed E-state index contributed by atoms with van der Waals surface area (Å²) in [6.45, 7) is 2.11. The summed E-state index contributed by atoms with van der Waals surface area (Å²) in [6.07, 6.45) is 4.76. The fourth-order valence-electron chi connectivity index (χ4n) is 2.37. The number of hydrogen-bond donors (Lipinski definition) is 2. The minimum atomic E-state index is -0.0631. The van der Waals surface area contributed by atoms with Crippen LogP contribution in [0.15, 0.2) is 4.79 Å². The topological polar surface area (TPSA) is 71.8 Å². The van der Waals surface area contributed by atoms with Gasteiger partial charge in [0.25, 0.3) is 5.56 Å². The molecular formula is C11H17N3O. The first kappa shape index (κ1) is 10.4. The molecule has 1 aliphatic carbocycles. The monoisotopic (exact) mass is 207 g/mol. The first-order valence-electron chi connectivity index (χ1n) is 5.52. The smallest absolute Gasteiger partial charge is 0.255 e. The van der Waals surface area contributed by atoms with Crippen molar-refractivity contribution in [2.45, 2.75) is 45.1 Å². The SMILES string of the molecule is Cc1nc(C2CCCC2)c(CN)c(=O)[nH]1. The minimum absolute atomic E-state index is 0.0631. The Bertz CT molecular complexity index is 405. The number of nitrogens with two attached hydrogens (primary N) is 1. The molecule has 4 nitrogen and oxygen atoms in total. The van der Waals surface area contributed by atoms with Crippen LogP contribution in [0.25, 0.3) is 0 Å². The average Bonchev–Trinajstić information content (AvgIpc) is 2.69. The molecule has 0 amide bonds. The molecular weight excluding hydrogens is 190 g/mol. The van der Waals surface area contributed by atoms with Crippen LogP contribution in [-0.2, 0) is 6.54 Å². The van der Waals surface area contributed by atoms with Gasteiger partial charge in [-0.25, -0.2) is 4.98 Å². The second-order valence-corrected chi connectivity index (χ2v) is 4.20. The standard InChI is InChI=1S/C11H17N3O/c1-7-13-10(8-4-2-3-5-8)9(6-12)11(15)14-7/h8H,2-6,12H2,1H3,(H,13,14,15). The number of rotatable bonds is 2. The highest BCUT2D eigenvalue weighted by Crippen LogP contribution is 2.33. The number of nitrogens with zero attached hydrogens (tertiary/aromatic N) is 1. The number of nitrogens with one attached hydrogen (secondary N) is 1. The quantitative estimate of drug-likeness (QED) is 0.765. The van der Waals surface area contributed by atoms with Crippen molar-refractivity contribution < 1.29 is 0 Å². The van der Waals surface area contributed by atoms with Crippen molar-refractivity contribution in [1.82, 2.24) is 9.97 Å². The summed E-state index contributed by atoms with van der Waals surface area (Å²) in [5, 5.41) is 0. The Hall–Kier alpha value is -1.16. The van der Waals surface area contributed by atoms with E-state index < -0.39 is 0 Å². The van der Waals surface area contributed by atoms with Crippen molar-refractivity contribution in [1.29, 1.82) is 0 Å². The summed E-state index contributed by atoms with van der Waals surface area (Å²) in [5.74, 6) is 1.14. The van der Waals surface area contributed by atoms with Gasteiger partial charge in [-0.3, -0.25) is 4.79 Å². The predicted octanol–water partition coefficient (Wildman–Crippen LogP) is 1.19. The Morgan fingerprint density at radius 1 is 1.47 bits per heavy atom. The number of hydrogen-bond acceptors (Lipinski definition) is 3. The molecule has 0 aromatic carbocycles. The summed E-state index contributed by atoms with van der Waals surface area (Å²) >= 11 is 0. The molecule has 0 saturated heterocycles. The van der Waals surface area contributed by atoms with Crippen molar-refractivity contribution in [3.8, 4) is 0 Å². The van der Waals surface area contributed by atoms with Crippen LogP contribution in [0.4, 0.5) is 0 Å². The molecule has 1 aliphatic rings. The van der Waals surface area contributed by atoms with Gasteiger partial charge < -0.3 is 10.7 Å². The van der Waals surface area contributed by atoms with Crippen molar-refractivity contribution in [3.05, 3.63) is 27.4 Å². The third kappa shape index (κ3) is 1.95. The van der Waals surface area contributed by atoms with Crippen molar-refractivity contribution in [2.24, 2.45) is 5.73 Å². The third-order valence-electron chi connectivity index (χ3n) is 3.11. The lowest BCUT2D eigenvalue weighted by molar-refractivity contribution is 0.670. The van der Waals surface area contributed by atoms with Gasteiger partial charge in [-0.1, -0.05) is 12.8 Å². The fourth-order valence-corrected chi connectivity index (χ4v) is 2.37. The first-order valence-corrected chi connectivity index (χ1v) is 5.52. The second kappa shape index (κ2) is 4.14. The summed E-state index contributed by atoms with van der Waals surface area (Å²) in [7, 11) is 0. The van der Waals surface area contributed by atoms with E-state index in [1.807, 2.05) is 6.92 Å². The Labute approximate surface area is 88.9 Å². The summed E-state index contributed by atoms with van der Waals surface area (Å²) < 4.78 is 0. The molecule has 0 spiro atoms. The lowest BCUT2D eigenvalue weighted by Crippen LogP contribution is -2.22. The van der Waals surface area contributed by atoms with E-state index in [1.165, 1.54) is 12.8 Å². The van der Waals surface area contributed by atoms with Crippen LogP contribution in [0.3, 0.4) is 0 Å². The molecule has 1 saturated carbocycles. The molecule has 1 heterocycles. The van der Waals surface area contributed by atoms with E-state index in [1.54, 1.807) is 0 Å². The molecule has 0 unspecified atom stereocenters. The highest BCUT2D eigenvalue weighted by Gasteiger charge is 2.22. The van der Waals surface area contributed by atoms with E-state index in [0.717, 1.165) is 18.5 Å². The van der Waals surface area contributed by atoms with E-state index in [9.17, 15) is 4.79 Å². The number of aryl methyl sites for hydroxylation is 1. The zero-order valence-electron chi connectivity index (χ0n) is 9.05. The van der Waals surface area contributed by atoms with E-state index in [2.05, 4.69) is 9.97 Å². The van der Waals surface area contributed by atoms with Crippen molar-refractivity contribution in [2.75, 3.05) is 0 Å². The molecule has 2 rings (SSSR count). The fraction of sp³-hybridized carbons (Fsp3) is 0.636. The van der Waals surface area contributed by atoms with E-state index in [4.69, 9.17) is 5.73 Å². The van der Waals surface area contributed by atoms with Crippen LogP contribution in [-0.4, -0.2) is 9.97 Å². The molecule has 3 N–H and O–H groups in total. The normalized spacial score (nSPS) is 17.2. The first-order chi connectivity index (χ1) is 7.22. The Morgan fingerprint density at radius 2 is 2.13 bits per heavy atom. The molecule has 0 aliphatic heterocycles. The maximum Gasteiger partial charge on any atom is 0.255 e. The van der Waals surface area contributed by atoms with Gasteiger partial charge in [0.15, 0.2) is 0 Å². The molecule has 1 fully saturated rings. The van der Waals surface area contributed by atoms with Gasteiger partial charge in [0.1, 0.15) is 5.82 Å². The third-order valence-corrected chi connectivity index (χ3v) is 3.11. The van der Waals surface area contributed by atoms with E-state index in [0.29, 0.717) is 17.3 Å². The van der Waals surface area contributed by atoms with E-state index >= 15 is 0 Å². The van der Waals surface area contributed by atoms with Crippen molar-refractivity contribution >= 4 is 0 Å². The number of aromatic nitrogens is 2. The Balaban J connectivity index is 2.47. The van der Waals surface area contributed by atoms with Gasteiger partial charge in [0.05, 0.1) is 11.3 Å². The summed E-state index contributed by atoms with van der Waals surface area (Å²) in [6, 6.07) is 0. The zero-order valence-corrected chi connectivity index (χ0v) is 9.05. The molecule has 0 bridgehead atoms. The predicted molar refractivity (Wildman–Crippen MR) is 58.7 cm³/mol. The molecule has 1 aromatic rings.